The van der Waals surface area contributed by atoms with Crippen LogP contribution >= 0.6 is 0 Å². The van der Waals surface area contributed by atoms with E-state index in [1.807, 2.05) is 0 Å². The van der Waals surface area contributed by atoms with Crippen molar-refractivity contribution in [1.82, 2.24) is 14.9 Å². The number of H-pyrrole nitrogens is 1. The zero-order valence-electron chi connectivity index (χ0n) is 18.8. The van der Waals surface area contributed by atoms with Gasteiger partial charge in [-0.3, -0.25) is 14.9 Å². The summed E-state index contributed by atoms with van der Waals surface area (Å²) < 4.78 is 42.2. The van der Waals surface area contributed by atoms with Gasteiger partial charge in [0, 0.05) is 27.1 Å². The van der Waals surface area contributed by atoms with Crippen molar-refractivity contribution in [3.8, 4) is 0 Å². The van der Waals surface area contributed by atoms with Crippen LogP contribution in [0.4, 0.5) is 8.78 Å². The molecule has 5 aromatic rings. The molecule has 4 N–H and O–H groups in total. The van der Waals surface area contributed by atoms with E-state index in [0.717, 1.165) is 0 Å². The number of halogens is 2. The molecule has 3 aromatic carbocycles. The van der Waals surface area contributed by atoms with Gasteiger partial charge in [-0.1, -0.05) is 0 Å². The smallest absolute Gasteiger partial charge is 0.259 e. The molecule has 186 valence electrons. The molecule has 0 saturated carbocycles. The number of ether oxygens (including phenoxy) is 2. The second kappa shape index (κ2) is 6.90. The first kappa shape index (κ1) is 21.2. The highest BCUT2D eigenvalue weighted by atomic mass is 19.1. The first-order valence-corrected chi connectivity index (χ1v) is 11.7. The fraction of sp³-hybridized carbons (Fsp3) is 0.231. The van der Waals surface area contributed by atoms with E-state index in [9.17, 15) is 28.6 Å². The van der Waals surface area contributed by atoms with Crippen LogP contribution in [0.25, 0.3) is 43.6 Å². The third-order valence-corrected chi connectivity index (χ3v) is 7.70. The van der Waals surface area contributed by atoms with E-state index >= 15 is 0 Å². The number of aromatic amines is 1. The number of aromatic nitrogens is 2. The maximum absolute atomic E-state index is 14.6. The monoisotopic (exact) mass is 505 g/mol. The number of rotatable bonds is 2. The quantitative estimate of drug-likeness (QED) is 0.216. The molecule has 3 aliphatic rings. The first-order chi connectivity index (χ1) is 17.9. The van der Waals surface area contributed by atoms with Gasteiger partial charge in [-0.2, -0.15) is 0 Å². The number of carbonyl (C=O) groups is 2. The Morgan fingerprint density at radius 2 is 1.62 bits per heavy atom. The van der Waals surface area contributed by atoms with Crippen LogP contribution in [0.2, 0.25) is 0 Å². The Labute approximate surface area is 205 Å². The van der Waals surface area contributed by atoms with Gasteiger partial charge >= 0.3 is 0 Å². The van der Waals surface area contributed by atoms with Crippen LogP contribution in [-0.2, 0) is 9.47 Å². The highest BCUT2D eigenvalue weighted by Gasteiger charge is 2.58. The number of hydrogen-bond donors (Lipinski definition) is 4. The number of carbonyl (C=O) groups excluding carboxylic acids is 2. The van der Waals surface area contributed by atoms with Gasteiger partial charge in [-0.05, 0) is 36.4 Å². The third kappa shape index (κ3) is 2.58. The average molecular weight is 505 g/mol. The topological polar surface area (TPSA) is 129 Å². The fourth-order valence-electron chi connectivity index (χ4n) is 6.15. The van der Waals surface area contributed by atoms with Gasteiger partial charge in [-0.25, -0.2) is 8.78 Å². The van der Waals surface area contributed by atoms with Crippen LogP contribution in [0.3, 0.4) is 0 Å². The molecule has 3 aliphatic heterocycles. The molecule has 37 heavy (non-hydrogen) atoms. The molecule has 5 heterocycles. The zero-order chi connectivity index (χ0) is 25.3. The van der Waals surface area contributed by atoms with Gasteiger partial charge in [0.15, 0.2) is 6.23 Å². The minimum absolute atomic E-state index is 0.0385. The van der Waals surface area contributed by atoms with Gasteiger partial charge in [0.1, 0.15) is 36.1 Å². The van der Waals surface area contributed by atoms with Crippen LogP contribution in [0.1, 0.15) is 26.9 Å². The molecule has 0 bridgehead atoms. The molecule has 0 radical (unpaired) electrons. The van der Waals surface area contributed by atoms with Crippen molar-refractivity contribution < 1.29 is 38.1 Å². The summed E-state index contributed by atoms with van der Waals surface area (Å²) in [6.07, 6.45) is -3.95. The average Bonchev–Trinajstić information content (AvgIpc) is 3.40. The van der Waals surface area contributed by atoms with Crippen molar-refractivity contribution >= 4 is 55.4 Å². The maximum atomic E-state index is 14.6. The van der Waals surface area contributed by atoms with E-state index in [2.05, 4.69) is 10.3 Å². The molecule has 0 aliphatic carbocycles. The largest absolute Gasteiger partial charge is 0.394 e. The fourth-order valence-corrected chi connectivity index (χ4v) is 6.15. The number of amides is 2. The summed E-state index contributed by atoms with van der Waals surface area (Å²) in [5, 5.41) is 24.7. The van der Waals surface area contributed by atoms with Crippen molar-refractivity contribution in [2.75, 3.05) is 6.61 Å². The molecule has 2 amide bonds. The third-order valence-electron chi connectivity index (χ3n) is 7.70. The Bertz CT molecular complexity index is 1880. The molecule has 0 spiro atoms. The number of benzene rings is 3. The summed E-state index contributed by atoms with van der Waals surface area (Å²) in [6.45, 7) is -0.344. The number of epoxide rings is 1. The molecule has 11 heteroatoms. The van der Waals surface area contributed by atoms with Crippen molar-refractivity contribution in [2.24, 2.45) is 0 Å². The summed E-state index contributed by atoms with van der Waals surface area (Å²) in [5.41, 5.74) is 1.82. The van der Waals surface area contributed by atoms with Crippen LogP contribution in [0, 0.1) is 11.6 Å². The second-order valence-electron chi connectivity index (χ2n) is 9.66. The van der Waals surface area contributed by atoms with Gasteiger partial charge in [0.2, 0.25) is 0 Å². The molecule has 9 nitrogen and oxygen atoms in total. The van der Waals surface area contributed by atoms with Gasteiger partial charge < -0.3 is 29.2 Å². The summed E-state index contributed by atoms with van der Waals surface area (Å²) >= 11 is 0. The molecule has 8 rings (SSSR count). The number of aliphatic hydroxyl groups is 2. The number of nitrogens with zero attached hydrogens (tertiary/aromatic N) is 1. The Kier molecular flexibility index (Phi) is 3.95. The summed E-state index contributed by atoms with van der Waals surface area (Å²) in [5.74, 6) is -2.39. The molecular formula is C26H17F2N3O6. The number of imide groups is 1. The summed E-state index contributed by atoms with van der Waals surface area (Å²) in [7, 11) is 0. The molecule has 2 fully saturated rings. The minimum Gasteiger partial charge on any atom is -0.394 e. The molecular weight excluding hydrogens is 488 g/mol. The predicted octanol–water partition coefficient (Wildman–Crippen LogP) is 2.61. The highest BCUT2D eigenvalue weighted by molar-refractivity contribution is 6.39. The predicted molar refractivity (Wildman–Crippen MR) is 126 cm³/mol. The number of hydrogen-bond acceptors (Lipinski definition) is 6. The SMILES string of the molecule is O=C1NC(=O)c2c1c1c3cc(F)ccc3[nH]c1c1c2c2cc(F)ccc2n1C1O[C@H](CO)[C@H]2O[C@H]2[C@H]1O. The van der Waals surface area contributed by atoms with E-state index in [4.69, 9.17) is 9.47 Å². The number of nitrogens with one attached hydrogen (secondary N) is 2. The van der Waals surface area contributed by atoms with Gasteiger partial charge in [0.05, 0.1) is 34.3 Å². The Hall–Kier alpha value is -3.90. The second-order valence-corrected chi connectivity index (χ2v) is 9.66. The summed E-state index contributed by atoms with van der Waals surface area (Å²) in [6, 6.07) is 8.09. The molecule has 2 aromatic heterocycles. The minimum atomic E-state index is -1.14. The Morgan fingerprint density at radius 3 is 2.38 bits per heavy atom. The van der Waals surface area contributed by atoms with E-state index in [1.165, 1.54) is 36.4 Å². The lowest BCUT2D eigenvalue weighted by Gasteiger charge is -2.32. The van der Waals surface area contributed by atoms with Gasteiger partial charge in [-0.15, -0.1) is 0 Å². The van der Waals surface area contributed by atoms with E-state index < -0.39 is 54.1 Å². The van der Waals surface area contributed by atoms with E-state index in [0.29, 0.717) is 43.6 Å². The van der Waals surface area contributed by atoms with Crippen molar-refractivity contribution in [2.45, 2.75) is 30.6 Å². The van der Waals surface area contributed by atoms with Crippen LogP contribution in [0.15, 0.2) is 36.4 Å². The Balaban J connectivity index is 1.60. The molecule has 2 saturated heterocycles. The van der Waals surface area contributed by atoms with Crippen molar-refractivity contribution in [3.63, 3.8) is 0 Å². The first-order valence-electron chi connectivity index (χ1n) is 11.7. The lowest BCUT2D eigenvalue weighted by Crippen LogP contribution is -2.43. The maximum Gasteiger partial charge on any atom is 0.259 e. The number of aliphatic hydroxyl groups excluding tert-OH is 2. The standard InChI is InChI=1S/C26H17F2N3O6/c27-8-1-3-12-10(5-8)15-17-18(25(35)30-24(17)34)16-11-6-9(28)2-4-13(11)31(20(16)19(15)29-12)26-21(33)23-22(37-23)14(7-32)36-26/h1-6,14,21-23,26,29,32-33H,7H2,(H,30,34,35)/t14-,21-,22-,23+,26?/m1/s1. The highest BCUT2D eigenvalue weighted by Crippen LogP contribution is 2.48. The normalized spacial score (nSPS) is 26.9. The van der Waals surface area contributed by atoms with Crippen LogP contribution in [-0.4, -0.2) is 62.6 Å². The molecule has 1 unspecified atom stereocenters. The lowest BCUT2D eigenvalue weighted by molar-refractivity contribution is -0.145. The summed E-state index contributed by atoms with van der Waals surface area (Å²) in [4.78, 5) is 29.4. The van der Waals surface area contributed by atoms with Crippen molar-refractivity contribution in [3.05, 3.63) is 59.2 Å². The number of fused-ring (bicyclic) bond motifs is 11. The van der Waals surface area contributed by atoms with Crippen LogP contribution in [0.5, 0.6) is 0 Å². The van der Waals surface area contributed by atoms with Crippen molar-refractivity contribution in [1.29, 1.82) is 0 Å². The van der Waals surface area contributed by atoms with Gasteiger partial charge in [0.25, 0.3) is 11.8 Å². The Morgan fingerprint density at radius 1 is 0.919 bits per heavy atom. The van der Waals surface area contributed by atoms with Crippen LogP contribution < -0.4 is 5.32 Å². The molecule has 5 atom stereocenters. The van der Waals surface area contributed by atoms with E-state index in [-0.39, 0.29) is 17.7 Å². The van der Waals surface area contributed by atoms with E-state index in [1.54, 1.807) is 4.57 Å². The lowest BCUT2D eigenvalue weighted by atomic mass is 9.96. The zero-order valence-corrected chi connectivity index (χ0v) is 18.8.